The molecule has 0 fully saturated rings. The average molecular weight is 286 g/mol. The Kier molecular flexibility index (Phi) is 3.38. The molecule has 2 rings (SSSR count). The predicted octanol–water partition coefficient (Wildman–Crippen LogP) is 4.26. The summed E-state index contributed by atoms with van der Waals surface area (Å²) in [5, 5.41) is 5.27. The smallest absolute Gasteiger partial charge is 0.123 e. The maximum atomic E-state index is 12.6. The molecule has 0 radical (unpaired) electrons. The summed E-state index contributed by atoms with van der Waals surface area (Å²) in [7, 11) is 0. The van der Waals surface area contributed by atoms with E-state index < -0.39 is 0 Å². The molecular weight excluding hydrogens is 277 g/mol. The van der Waals surface area contributed by atoms with Crippen LogP contribution >= 0.6 is 27.3 Å². The second-order valence-electron chi connectivity index (χ2n) is 3.09. The van der Waals surface area contributed by atoms with Crippen LogP contribution in [0.4, 0.5) is 10.1 Å². The maximum absolute atomic E-state index is 12.6. The van der Waals surface area contributed by atoms with Gasteiger partial charge in [0, 0.05) is 27.0 Å². The molecule has 1 aromatic carbocycles. The van der Waals surface area contributed by atoms with E-state index in [1.807, 2.05) is 5.38 Å². The van der Waals surface area contributed by atoms with Gasteiger partial charge < -0.3 is 5.32 Å². The zero-order valence-corrected chi connectivity index (χ0v) is 10.2. The Balaban J connectivity index is 1.96. The van der Waals surface area contributed by atoms with Gasteiger partial charge in [0.25, 0.3) is 0 Å². The summed E-state index contributed by atoms with van der Waals surface area (Å²) in [6, 6.07) is 8.44. The van der Waals surface area contributed by atoms with Crippen molar-refractivity contribution in [3.05, 3.63) is 50.9 Å². The van der Waals surface area contributed by atoms with Gasteiger partial charge in [0.2, 0.25) is 0 Å². The van der Waals surface area contributed by atoms with Crippen LogP contribution in [0.2, 0.25) is 0 Å². The predicted molar refractivity (Wildman–Crippen MR) is 65.7 cm³/mol. The van der Waals surface area contributed by atoms with Gasteiger partial charge >= 0.3 is 0 Å². The molecule has 1 heterocycles. The largest absolute Gasteiger partial charge is 0.380 e. The van der Waals surface area contributed by atoms with E-state index in [2.05, 4.69) is 27.3 Å². The van der Waals surface area contributed by atoms with Gasteiger partial charge in [-0.15, -0.1) is 11.3 Å². The Morgan fingerprint density at radius 1 is 1.27 bits per heavy atom. The third-order valence-corrected chi connectivity index (χ3v) is 3.63. The van der Waals surface area contributed by atoms with E-state index in [1.54, 1.807) is 23.5 Å². The number of hydrogen-bond donors (Lipinski definition) is 1. The van der Waals surface area contributed by atoms with E-state index in [1.165, 1.54) is 17.0 Å². The zero-order valence-electron chi connectivity index (χ0n) is 7.84. The van der Waals surface area contributed by atoms with Crippen molar-refractivity contribution in [1.29, 1.82) is 0 Å². The number of thiophene rings is 1. The maximum Gasteiger partial charge on any atom is 0.123 e. The minimum atomic E-state index is -0.209. The van der Waals surface area contributed by atoms with E-state index in [-0.39, 0.29) is 5.82 Å². The zero-order chi connectivity index (χ0) is 10.7. The second kappa shape index (κ2) is 4.77. The monoisotopic (exact) mass is 285 g/mol. The Hall–Kier alpha value is -0.870. The summed E-state index contributed by atoms with van der Waals surface area (Å²) >= 11 is 5.09. The van der Waals surface area contributed by atoms with Gasteiger partial charge in [0.1, 0.15) is 5.82 Å². The summed E-state index contributed by atoms with van der Waals surface area (Å²) in [4.78, 5) is 1.24. The lowest BCUT2D eigenvalue weighted by atomic mass is 10.3. The number of rotatable bonds is 3. The topological polar surface area (TPSA) is 12.0 Å². The molecule has 0 atom stereocenters. The molecule has 2 aromatic rings. The number of anilines is 1. The fraction of sp³-hybridized carbons (Fsp3) is 0.0909. The molecule has 0 amide bonds. The summed E-state index contributed by atoms with van der Waals surface area (Å²) in [6.07, 6.45) is 0. The fourth-order valence-electron chi connectivity index (χ4n) is 1.20. The number of nitrogens with one attached hydrogen (secondary N) is 1. The lowest BCUT2D eigenvalue weighted by Crippen LogP contribution is -1.96. The first-order chi connectivity index (χ1) is 7.24. The second-order valence-corrected chi connectivity index (χ2v) is 5.00. The molecule has 78 valence electrons. The third-order valence-electron chi connectivity index (χ3n) is 1.93. The van der Waals surface area contributed by atoms with Crippen molar-refractivity contribution in [3.8, 4) is 0 Å². The van der Waals surface area contributed by atoms with E-state index in [9.17, 15) is 4.39 Å². The van der Waals surface area contributed by atoms with Gasteiger partial charge in [-0.05, 0) is 46.3 Å². The van der Waals surface area contributed by atoms with Crippen molar-refractivity contribution in [2.45, 2.75) is 6.54 Å². The standard InChI is InChI=1S/C11H9BrFNS/c12-8-5-11(15-7-8)6-14-10-3-1-9(13)2-4-10/h1-5,7,14H,6H2. The molecule has 0 bridgehead atoms. The highest BCUT2D eigenvalue weighted by atomic mass is 79.9. The van der Waals surface area contributed by atoms with Gasteiger partial charge in [-0.1, -0.05) is 0 Å². The normalized spacial score (nSPS) is 10.3. The summed E-state index contributed by atoms with van der Waals surface area (Å²) in [5.41, 5.74) is 0.931. The van der Waals surface area contributed by atoms with Crippen LogP contribution < -0.4 is 5.32 Å². The van der Waals surface area contributed by atoms with E-state index in [4.69, 9.17) is 0 Å². The molecule has 1 aromatic heterocycles. The van der Waals surface area contributed by atoms with Crippen molar-refractivity contribution < 1.29 is 4.39 Å². The van der Waals surface area contributed by atoms with E-state index in [0.29, 0.717) is 0 Å². The van der Waals surface area contributed by atoms with Crippen LogP contribution in [0.15, 0.2) is 40.2 Å². The van der Waals surface area contributed by atoms with Crippen LogP contribution in [0.1, 0.15) is 4.88 Å². The molecule has 1 N–H and O–H groups in total. The highest BCUT2D eigenvalue weighted by Gasteiger charge is 1.97. The first-order valence-corrected chi connectivity index (χ1v) is 6.13. The molecular formula is C11H9BrFNS. The fourth-order valence-corrected chi connectivity index (χ4v) is 2.59. The van der Waals surface area contributed by atoms with Gasteiger partial charge in [-0.2, -0.15) is 0 Å². The van der Waals surface area contributed by atoms with Crippen LogP contribution in [-0.2, 0) is 6.54 Å². The molecule has 0 aliphatic rings. The van der Waals surface area contributed by atoms with Crippen molar-refractivity contribution in [2.24, 2.45) is 0 Å². The van der Waals surface area contributed by atoms with Gasteiger partial charge in [-0.3, -0.25) is 0 Å². The molecule has 0 aliphatic heterocycles. The van der Waals surface area contributed by atoms with E-state index in [0.717, 1.165) is 16.7 Å². The first kappa shape index (κ1) is 10.6. The molecule has 0 unspecified atom stereocenters. The highest BCUT2D eigenvalue weighted by molar-refractivity contribution is 9.10. The SMILES string of the molecule is Fc1ccc(NCc2cc(Br)cs2)cc1. The van der Waals surface area contributed by atoms with Crippen LogP contribution in [0.25, 0.3) is 0 Å². The van der Waals surface area contributed by atoms with Crippen molar-refractivity contribution in [1.82, 2.24) is 0 Å². The van der Waals surface area contributed by atoms with E-state index >= 15 is 0 Å². The Labute approximate surface area is 100 Å². The average Bonchev–Trinajstić information content (AvgIpc) is 2.64. The number of hydrogen-bond acceptors (Lipinski definition) is 2. The summed E-state index contributed by atoms with van der Waals surface area (Å²) in [5.74, 6) is -0.209. The van der Waals surface area contributed by atoms with Crippen LogP contribution in [0, 0.1) is 5.82 Å². The van der Waals surface area contributed by atoms with Crippen LogP contribution in [-0.4, -0.2) is 0 Å². The molecule has 1 nitrogen and oxygen atoms in total. The van der Waals surface area contributed by atoms with Crippen LogP contribution in [0.5, 0.6) is 0 Å². The first-order valence-electron chi connectivity index (χ1n) is 4.46. The van der Waals surface area contributed by atoms with Crippen molar-refractivity contribution >= 4 is 33.0 Å². The quantitative estimate of drug-likeness (QED) is 0.888. The molecule has 0 saturated carbocycles. The molecule has 0 aliphatic carbocycles. The Morgan fingerprint density at radius 2 is 2.00 bits per heavy atom. The Bertz CT molecular complexity index is 438. The molecule has 4 heteroatoms. The summed E-state index contributed by atoms with van der Waals surface area (Å²) < 4.78 is 13.7. The molecule has 15 heavy (non-hydrogen) atoms. The van der Waals surface area contributed by atoms with Crippen LogP contribution in [0.3, 0.4) is 0 Å². The number of halogens is 2. The van der Waals surface area contributed by atoms with Crippen molar-refractivity contribution in [3.63, 3.8) is 0 Å². The number of benzene rings is 1. The minimum absolute atomic E-state index is 0.209. The molecule has 0 spiro atoms. The summed E-state index contributed by atoms with van der Waals surface area (Å²) in [6.45, 7) is 0.766. The van der Waals surface area contributed by atoms with Gasteiger partial charge in [0.15, 0.2) is 0 Å². The lowest BCUT2D eigenvalue weighted by molar-refractivity contribution is 0.628. The van der Waals surface area contributed by atoms with Gasteiger partial charge in [0.05, 0.1) is 0 Å². The molecule has 0 saturated heterocycles. The lowest BCUT2D eigenvalue weighted by Gasteiger charge is -2.03. The van der Waals surface area contributed by atoms with Crippen molar-refractivity contribution in [2.75, 3.05) is 5.32 Å². The highest BCUT2D eigenvalue weighted by Crippen LogP contribution is 2.20. The Morgan fingerprint density at radius 3 is 2.60 bits per heavy atom. The minimum Gasteiger partial charge on any atom is -0.380 e. The third kappa shape index (κ3) is 3.04. The van der Waals surface area contributed by atoms with Gasteiger partial charge in [-0.25, -0.2) is 4.39 Å².